The average molecular weight is 567 g/mol. The summed E-state index contributed by atoms with van der Waals surface area (Å²) in [6.07, 6.45) is 1.02. The van der Waals surface area contributed by atoms with E-state index in [9.17, 15) is 24.3 Å². The van der Waals surface area contributed by atoms with E-state index in [1.54, 1.807) is 12.1 Å². The van der Waals surface area contributed by atoms with Crippen molar-refractivity contribution >= 4 is 40.3 Å². The van der Waals surface area contributed by atoms with E-state index in [1.165, 1.54) is 0 Å². The van der Waals surface area contributed by atoms with Gasteiger partial charge in [0, 0.05) is 18.4 Å². The van der Waals surface area contributed by atoms with E-state index in [1.807, 2.05) is 84.9 Å². The summed E-state index contributed by atoms with van der Waals surface area (Å²) in [7, 11) is 0. The number of anilines is 1. The van der Waals surface area contributed by atoms with Gasteiger partial charge in [-0.3, -0.25) is 14.4 Å². The predicted octanol–water partition coefficient (Wildman–Crippen LogP) is 5.25. The Morgan fingerprint density at radius 1 is 0.690 bits per heavy atom. The van der Waals surface area contributed by atoms with E-state index in [0.29, 0.717) is 24.9 Å². The molecule has 0 radical (unpaired) electrons. The second-order valence-corrected chi connectivity index (χ2v) is 9.85. The molecule has 216 valence electrons. The van der Waals surface area contributed by atoms with Gasteiger partial charge >= 0.3 is 12.0 Å². The van der Waals surface area contributed by atoms with E-state index in [-0.39, 0.29) is 31.3 Å². The van der Waals surface area contributed by atoms with Crippen molar-refractivity contribution in [3.05, 3.63) is 103 Å². The molecule has 0 saturated heterocycles. The molecule has 0 fully saturated rings. The molecule has 9 nitrogen and oxygen atoms in total. The lowest BCUT2D eigenvalue weighted by molar-refractivity contribution is -0.138. The Morgan fingerprint density at radius 2 is 1.38 bits per heavy atom. The lowest BCUT2D eigenvalue weighted by atomic mass is 9.99. The van der Waals surface area contributed by atoms with Crippen molar-refractivity contribution in [1.29, 1.82) is 0 Å². The van der Waals surface area contributed by atoms with E-state index in [4.69, 9.17) is 0 Å². The number of carboxylic acids is 1. The Labute approximate surface area is 244 Å². The molecule has 0 aromatic heterocycles. The number of rotatable bonds is 13. The van der Waals surface area contributed by atoms with Gasteiger partial charge in [-0.05, 0) is 41.0 Å². The average Bonchev–Trinajstić information content (AvgIpc) is 3.00. The van der Waals surface area contributed by atoms with Crippen LogP contribution in [0.4, 0.5) is 10.5 Å². The Hall–Kier alpha value is -5.18. The molecular formula is C33H34N4O5. The van der Waals surface area contributed by atoms with Crippen molar-refractivity contribution in [1.82, 2.24) is 16.0 Å². The van der Waals surface area contributed by atoms with Gasteiger partial charge in [0.15, 0.2) is 0 Å². The highest BCUT2D eigenvalue weighted by atomic mass is 16.4. The fourth-order valence-corrected chi connectivity index (χ4v) is 4.59. The third-order valence-corrected chi connectivity index (χ3v) is 6.73. The molecule has 4 amide bonds. The van der Waals surface area contributed by atoms with Crippen LogP contribution in [-0.2, 0) is 14.4 Å². The van der Waals surface area contributed by atoms with Crippen molar-refractivity contribution in [2.24, 2.45) is 0 Å². The van der Waals surface area contributed by atoms with Crippen LogP contribution in [0, 0.1) is 0 Å². The van der Waals surface area contributed by atoms with Crippen LogP contribution in [0.3, 0.4) is 0 Å². The van der Waals surface area contributed by atoms with Crippen molar-refractivity contribution in [3.63, 3.8) is 0 Å². The van der Waals surface area contributed by atoms with Crippen LogP contribution in [0.5, 0.6) is 0 Å². The number of hydrogen-bond donors (Lipinski definition) is 5. The first kappa shape index (κ1) is 29.8. The van der Waals surface area contributed by atoms with Crippen LogP contribution >= 0.6 is 0 Å². The monoisotopic (exact) mass is 566 g/mol. The number of amides is 4. The second-order valence-electron chi connectivity index (χ2n) is 9.85. The first-order valence-corrected chi connectivity index (χ1v) is 13.8. The number of carbonyl (C=O) groups is 4. The summed E-state index contributed by atoms with van der Waals surface area (Å²) in [4.78, 5) is 48.5. The first-order chi connectivity index (χ1) is 20.4. The van der Waals surface area contributed by atoms with E-state index < -0.39 is 17.9 Å². The van der Waals surface area contributed by atoms with Gasteiger partial charge in [-0.15, -0.1) is 0 Å². The number of fused-ring (bicyclic) bond motifs is 1. The summed E-state index contributed by atoms with van der Waals surface area (Å²) >= 11 is 0. The van der Waals surface area contributed by atoms with Gasteiger partial charge in [-0.2, -0.15) is 0 Å². The quantitative estimate of drug-likeness (QED) is 0.141. The molecule has 0 aliphatic rings. The Kier molecular flexibility index (Phi) is 10.6. The Bertz CT molecular complexity index is 1520. The molecule has 0 spiro atoms. The van der Waals surface area contributed by atoms with Gasteiger partial charge in [0.05, 0.1) is 24.7 Å². The summed E-state index contributed by atoms with van der Waals surface area (Å²) in [5.74, 6) is -1.82. The predicted molar refractivity (Wildman–Crippen MR) is 163 cm³/mol. The highest BCUT2D eigenvalue weighted by molar-refractivity contribution is 6.01. The SMILES string of the molecule is O=C(O)CC(NC(=O)CNC(=O)CCCCNC(=O)Nc1cccc2ccccc12)c1ccc(-c2ccccc2)cc1. The molecule has 5 N–H and O–H groups in total. The molecule has 0 bridgehead atoms. The van der Waals surface area contributed by atoms with Crippen LogP contribution in [0.1, 0.15) is 37.3 Å². The Morgan fingerprint density at radius 3 is 2.14 bits per heavy atom. The molecule has 42 heavy (non-hydrogen) atoms. The normalized spacial score (nSPS) is 11.3. The van der Waals surface area contributed by atoms with E-state index in [0.717, 1.165) is 27.6 Å². The number of urea groups is 1. The molecule has 0 aliphatic heterocycles. The molecule has 9 heteroatoms. The third kappa shape index (κ3) is 8.92. The maximum atomic E-state index is 12.5. The van der Waals surface area contributed by atoms with Crippen LogP contribution in [0.2, 0.25) is 0 Å². The van der Waals surface area contributed by atoms with Gasteiger partial charge in [0.25, 0.3) is 0 Å². The number of carbonyl (C=O) groups excluding carboxylic acids is 3. The van der Waals surface area contributed by atoms with Crippen LogP contribution in [0.25, 0.3) is 21.9 Å². The topological polar surface area (TPSA) is 137 Å². The number of hydrogen-bond acceptors (Lipinski definition) is 4. The van der Waals surface area contributed by atoms with Crippen molar-refractivity contribution in [3.8, 4) is 11.1 Å². The molecule has 1 unspecified atom stereocenters. The van der Waals surface area contributed by atoms with Crippen molar-refractivity contribution < 1.29 is 24.3 Å². The number of nitrogens with one attached hydrogen (secondary N) is 4. The van der Waals surface area contributed by atoms with E-state index >= 15 is 0 Å². The van der Waals surface area contributed by atoms with Gasteiger partial charge in [-0.1, -0.05) is 91.0 Å². The fraction of sp³-hybridized carbons (Fsp3) is 0.212. The van der Waals surface area contributed by atoms with Crippen LogP contribution in [0.15, 0.2) is 97.1 Å². The molecule has 0 heterocycles. The van der Waals surface area contributed by atoms with E-state index in [2.05, 4.69) is 21.3 Å². The maximum Gasteiger partial charge on any atom is 0.319 e. The molecule has 4 aromatic carbocycles. The molecule has 1 atom stereocenters. The molecule has 0 aliphatic carbocycles. The zero-order valence-electron chi connectivity index (χ0n) is 23.1. The van der Waals surface area contributed by atoms with Gasteiger partial charge in [0.1, 0.15) is 0 Å². The largest absolute Gasteiger partial charge is 0.481 e. The lowest BCUT2D eigenvalue weighted by Gasteiger charge is -2.18. The standard InChI is InChI=1S/C33H34N4O5/c38-30(15-6-7-20-34-33(42)37-28-14-8-12-25-11-4-5-13-27(25)28)35-22-31(39)36-29(21-32(40)41)26-18-16-24(17-19-26)23-9-2-1-3-10-23/h1-5,8-14,16-19,29H,6-7,15,20-22H2,(H,35,38)(H,36,39)(H,40,41)(H2,34,37,42). The zero-order valence-corrected chi connectivity index (χ0v) is 23.1. The van der Waals surface area contributed by atoms with Crippen LogP contribution in [-0.4, -0.2) is 42.0 Å². The molecule has 4 rings (SSSR count). The summed E-state index contributed by atoms with van der Waals surface area (Å²) in [5.41, 5.74) is 3.39. The minimum atomic E-state index is -1.05. The zero-order chi connectivity index (χ0) is 29.7. The number of carboxylic acid groups (broad SMARTS) is 1. The maximum absolute atomic E-state index is 12.5. The third-order valence-electron chi connectivity index (χ3n) is 6.73. The molecule has 4 aromatic rings. The lowest BCUT2D eigenvalue weighted by Crippen LogP contribution is -2.39. The van der Waals surface area contributed by atoms with Crippen LogP contribution < -0.4 is 21.3 Å². The smallest absolute Gasteiger partial charge is 0.319 e. The van der Waals surface area contributed by atoms with Gasteiger partial charge in [0.2, 0.25) is 11.8 Å². The van der Waals surface area contributed by atoms with Crippen molar-refractivity contribution in [2.75, 3.05) is 18.4 Å². The molecule has 0 saturated carbocycles. The summed E-state index contributed by atoms with van der Waals surface area (Å²) in [6, 6.07) is 29.6. The number of aliphatic carboxylic acids is 1. The highest BCUT2D eigenvalue weighted by Crippen LogP contribution is 2.24. The minimum absolute atomic E-state index is 0.194. The number of unbranched alkanes of at least 4 members (excludes halogenated alkanes) is 1. The minimum Gasteiger partial charge on any atom is -0.481 e. The summed E-state index contributed by atoms with van der Waals surface area (Å²) in [5, 5.41) is 22.3. The Balaban J connectivity index is 1.15. The number of benzene rings is 4. The highest BCUT2D eigenvalue weighted by Gasteiger charge is 2.18. The van der Waals surface area contributed by atoms with Gasteiger partial charge in [-0.25, -0.2) is 4.79 Å². The molecular weight excluding hydrogens is 532 g/mol. The van der Waals surface area contributed by atoms with Crippen molar-refractivity contribution in [2.45, 2.75) is 31.7 Å². The summed E-state index contributed by atoms with van der Waals surface area (Å²) in [6.45, 7) is 0.132. The fourth-order valence-electron chi connectivity index (χ4n) is 4.59. The second kappa shape index (κ2) is 15.0. The van der Waals surface area contributed by atoms with Gasteiger partial charge < -0.3 is 26.4 Å². The summed E-state index contributed by atoms with van der Waals surface area (Å²) < 4.78 is 0. The first-order valence-electron chi connectivity index (χ1n) is 13.8.